The molecule has 0 saturated heterocycles. The lowest BCUT2D eigenvalue weighted by atomic mass is 10.0. The Morgan fingerprint density at radius 1 is 0.548 bits per heavy atom. The van der Waals surface area contributed by atoms with E-state index in [4.69, 9.17) is 9.97 Å². The Labute approximate surface area is 239 Å². The van der Waals surface area contributed by atoms with Crippen molar-refractivity contribution in [2.24, 2.45) is 0 Å². The average molecular weight is 549 g/mol. The zero-order valence-corrected chi connectivity index (χ0v) is 21.9. The van der Waals surface area contributed by atoms with Crippen molar-refractivity contribution < 1.29 is 19.8 Å². The van der Waals surface area contributed by atoms with Gasteiger partial charge in [-0.1, -0.05) is 36.4 Å². The summed E-state index contributed by atoms with van der Waals surface area (Å²) in [6.45, 7) is 0. The van der Waals surface area contributed by atoms with Gasteiger partial charge in [-0.05, 0) is 95.1 Å². The molecule has 2 N–H and O–H groups in total. The van der Waals surface area contributed by atoms with Gasteiger partial charge in [-0.3, -0.25) is 0 Å². The quantitative estimate of drug-likeness (QED) is 0.327. The van der Waals surface area contributed by atoms with Crippen molar-refractivity contribution >= 4 is 58.3 Å². The third kappa shape index (κ3) is 4.56. The van der Waals surface area contributed by atoms with Crippen molar-refractivity contribution in [3.8, 4) is 22.3 Å². The molecule has 0 atom stereocenters. The molecule has 5 aromatic rings. The van der Waals surface area contributed by atoms with Crippen LogP contribution in [0.25, 0.3) is 68.6 Å². The van der Waals surface area contributed by atoms with Gasteiger partial charge in [-0.15, -0.1) is 0 Å². The summed E-state index contributed by atoms with van der Waals surface area (Å²) in [6, 6.07) is 24.7. The van der Waals surface area contributed by atoms with Crippen LogP contribution in [-0.4, -0.2) is 31.9 Å². The van der Waals surface area contributed by atoms with Crippen LogP contribution in [0.3, 0.4) is 0 Å². The molecule has 0 amide bonds. The van der Waals surface area contributed by atoms with E-state index in [-0.39, 0.29) is 11.1 Å². The van der Waals surface area contributed by atoms with E-state index in [9.17, 15) is 19.8 Å². The number of rotatable bonds is 4. The Morgan fingerprint density at radius 3 is 1.43 bits per heavy atom. The summed E-state index contributed by atoms with van der Waals surface area (Å²) in [4.78, 5) is 39.8. The number of H-pyrrole nitrogens is 2. The molecule has 2 aliphatic heterocycles. The highest BCUT2D eigenvalue weighted by molar-refractivity contribution is 5.96. The molecule has 8 nitrogen and oxygen atoms in total. The van der Waals surface area contributed by atoms with Gasteiger partial charge in [0.25, 0.3) is 0 Å². The Hall–Kier alpha value is -6.02. The van der Waals surface area contributed by atoms with Gasteiger partial charge in [0.1, 0.15) is 0 Å². The van der Waals surface area contributed by atoms with Crippen LogP contribution < -0.4 is 10.2 Å². The van der Waals surface area contributed by atoms with E-state index in [1.54, 1.807) is 24.3 Å². The number of hydrogen-bond donors (Lipinski definition) is 2. The lowest BCUT2D eigenvalue weighted by molar-refractivity contribution is -0.256. The molecule has 2 aromatic carbocycles. The van der Waals surface area contributed by atoms with Crippen molar-refractivity contribution in [2.75, 3.05) is 0 Å². The molecule has 0 radical (unpaired) electrons. The number of carboxylic acids is 2. The number of carboxylic acid groups (broad SMARTS) is 2. The normalized spacial score (nSPS) is 12.0. The predicted molar refractivity (Wildman–Crippen MR) is 158 cm³/mol. The Kier molecular flexibility index (Phi) is 5.87. The van der Waals surface area contributed by atoms with Crippen LogP contribution in [0.5, 0.6) is 0 Å². The minimum Gasteiger partial charge on any atom is -0.545 e. The van der Waals surface area contributed by atoms with Gasteiger partial charge in [0.2, 0.25) is 0 Å². The summed E-state index contributed by atoms with van der Waals surface area (Å²) < 4.78 is 0. The predicted octanol–water partition coefficient (Wildman–Crippen LogP) is 4.72. The summed E-state index contributed by atoms with van der Waals surface area (Å²) in [5.74, 6) is -2.50. The second kappa shape index (κ2) is 9.87. The maximum absolute atomic E-state index is 11.6. The number of aromatic carboxylic acids is 2. The number of carbonyl (C=O) groups is 2. The summed E-state index contributed by atoms with van der Waals surface area (Å²) in [5.41, 5.74) is 8.85. The molecule has 5 heterocycles. The topological polar surface area (TPSA) is 138 Å². The molecule has 0 fully saturated rings. The molecule has 8 heteroatoms. The smallest absolute Gasteiger partial charge is 0.0736 e. The highest BCUT2D eigenvalue weighted by Crippen LogP contribution is 2.33. The van der Waals surface area contributed by atoms with E-state index < -0.39 is 11.9 Å². The zero-order valence-electron chi connectivity index (χ0n) is 21.9. The van der Waals surface area contributed by atoms with Crippen LogP contribution in [0.15, 0.2) is 84.9 Å². The fraction of sp³-hybridized carbons (Fsp3) is 0. The molecule has 3 aromatic heterocycles. The standard InChI is InChI=1S/C34H22N4O4/c39-33(40)21-5-1-3-19(15-21)31-27-11-7-23(35-27)17-25-9-13-29(37-25)32(20-4-2-6-22(16-20)34(41)42)30-14-10-26(38-30)18-24-8-12-28(31)36-24/h1-18,35,38H,(H,39,40)(H,41,42)/p-2. The van der Waals surface area contributed by atoms with Crippen LogP contribution in [0.2, 0.25) is 0 Å². The van der Waals surface area contributed by atoms with Crippen molar-refractivity contribution in [3.05, 3.63) is 119 Å². The first-order valence-electron chi connectivity index (χ1n) is 13.2. The molecule has 0 spiro atoms. The number of nitrogens with zero attached hydrogens (tertiary/aromatic N) is 2. The third-order valence-corrected chi connectivity index (χ3v) is 7.17. The van der Waals surface area contributed by atoms with Crippen molar-refractivity contribution in [3.63, 3.8) is 0 Å². The molecule has 2 aliphatic rings. The van der Waals surface area contributed by atoms with Crippen LogP contribution in [0, 0.1) is 0 Å². The van der Waals surface area contributed by atoms with E-state index in [1.165, 1.54) is 12.1 Å². The monoisotopic (exact) mass is 548 g/mol. The molecule has 202 valence electrons. The van der Waals surface area contributed by atoms with Crippen molar-refractivity contribution in [1.82, 2.24) is 19.9 Å². The van der Waals surface area contributed by atoms with Gasteiger partial charge in [-0.25, -0.2) is 9.97 Å². The fourth-order valence-corrected chi connectivity index (χ4v) is 5.28. The molecule has 8 bridgehead atoms. The first kappa shape index (κ1) is 25.0. The molecule has 7 rings (SSSR count). The van der Waals surface area contributed by atoms with Crippen LogP contribution in [0.1, 0.15) is 43.5 Å². The minimum atomic E-state index is -1.25. The lowest BCUT2D eigenvalue weighted by Crippen LogP contribution is -2.22. The Balaban J connectivity index is 1.54. The van der Waals surface area contributed by atoms with E-state index in [2.05, 4.69) is 9.97 Å². The van der Waals surface area contributed by atoms with Gasteiger partial charge in [0.05, 0.1) is 34.7 Å². The highest BCUT2D eigenvalue weighted by Gasteiger charge is 2.14. The largest absolute Gasteiger partial charge is 0.545 e. The maximum atomic E-state index is 11.6. The molecule has 0 aliphatic carbocycles. The van der Waals surface area contributed by atoms with E-state index in [1.807, 2.05) is 72.8 Å². The SMILES string of the molecule is O=C([O-])c1cccc(-c2c3nc(cc4ccc([nH]4)c(-c4cccc(C(=O)[O-])c4)c4nc(cc5ccc2[nH]5)C=C4)C=C3)c1. The number of benzene rings is 2. The van der Waals surface area contributed by atoms with E-state index in [0.29, 0.717) is 33.9 Å². The maximum Gasteiger partial charge on any atom is 0.0736 e. The number of nitrogens with one attached hydrogen (secondary N) is 2. The van der Waals surface area contributed by atoms with E-state index >= 15 is 0 Å². The summed E-state index contributed by atoms with van der Waals surface area (Å²) >= 11 is 0. The first-order chi connectivity index (χ1) is 20.4. The van der Waals surface area contributed by atoms with Gasteiger partial charge < -0.3 is 29.8 Å². The number of hydrogen-bond acceptors (Lipinski definition) is 6. The second-order valence-electron chi connectivity index (χ2n) is 9.94. The first-order valence-corrected chi connectivity index (χ1v) is 13.2. The van der Waals surface area contributed by atoms with Crippen LogP contribution in [0.4, 0.5) is 0 Å². The fourth-order valence-electron chi connectivity index (χ4n) is 5.28. The molecule has 0 saturated carbocycles. The number of fused-ring (bicyclic) bond motifs is 8. The van der Waals surface area contributed by atoms with Crippen LogP contribution in [-0.2, 0) is 0 Å². The second-order valence-corrected chi connectivity index (χ2v) is 9.94. The minimum absolute atomic E-state index is 0.0773. The summed E-state index contributed by atoms with van der Waals surface area (Å²) in [6.07, 6.45) is 7.58. The summed E-state index contributed by atoms with van der Waals surface area (Å²) in [5, 5.41) is 23.2. The van der Waals surface area contributed by atoms with Crippen molar-refractivity contribution in [1.29, 1.82) is 0 Å². The Morgan fingerprint density at radius 2 is 1.00 bits per heavy atom. The number of aromatic amines is 2. The lowest BCUT2D eigenvalue weighted by Gasteiger charge is -2.08. The van der Waals surface area contributed by atoms with E-state index in [0.717, 1.165) is 33.2 Å². The number of aromatic nitrogens is 4. The van der Waals surface area contributed by atoms with Crippen LogP contribution >= 0.6 is 0 Å². The summed E-state index contributed by atoms with van der Waals surface area (Å²) in [7, 11) is 0. The van der Waals surface area contributed by atoms with Gasteiger partial charge >= 0.3 is 0 Å². The molecule has 0 unspecified atom stereocenters. The van der Waals surface area contributed by atoms with Gasteiger partial charge in [0.15, 0.2) is 0 Å². The van der Waals surface area contributed by atoms with Crippen molar-refractivity contribution in [2.45, 2.75) is 0 Å². The molecular weight excluding hydrogens is 528 g/mol. The van der Waals surface area contributed by atoms with Gasteiger partial charge in [-0.2, -0.15) is 0 Å². The third-order valence-electron chi connectivity index (χ3n) is 7.17. The highest BCUT2D eigenvalue weighted by atomic mass is 16.4. The molecule has 42 heavy (non-hydrogen) atoms. The molecular formula is C34H20N4O4-2. The zero-order chi connectivity index (χ0) is 28.8. The average Bonchev–Trinajstić information content (AvgIpc) is 3.80. The Bertz CT molecular complexity index is 2010. The van der Waals surface area contributed by atoms with Gasteiger partial charge in [0, 0.05) is 33.2 Å². The number of carbonyl (C=O) groups excluding carboxylic acids is 2.